The monoisotopic (exact) mass is 220 g/mol. The molecule has 2 rings (SSSR count). The number of rotatable bonds is 3. The van der Waals surface area contributed by atoms with Crippen molar-refractivity contribution in [3.63, 3.8) is 0 Å². The molecule has 0 radical (unpaired) electrons. The molecular formula is C10H12N4O2. The summed E-state index contributed by atoms with van der Waals surface area (Å²) in [5.41, 5.74) is 1.88. The Hall–Kier alpha value is -2.11. The third kappa shape index (κ3) is 1.81. The van der Waals surface area contributed by atoms with Crippen LogP contribution in [-0.4, -0.2) is 30.6 Å². The summed E-state index contributed by atoms with van der Waals surface area (Å²) in [5.74, 6) is -0.949. The number of hydrogen-bond acceptors (Lipinski definition) is 3. The molecule has 0 aliphatic carbocycles. The average Bonchev–Trinajstić information content (AvgIpc) is 2.76. The molecule has 0 aliphatic rings. The SMILES string of the molecule is Cc1c(C(=O)O)cnn1Cc1cnn(C)c1. The standard InChI is InChI=1S/C10H12N4O2/c1-7-9(10(15)16)4-12-14(7)6-8-3-11-13(2)5-8/h3-5H,6H2,1-2H3,(H,15,16). The molecule has 0 unspecified atom stereocenters. The van der Waals surface area contributed by atoms with Gasteiger partial charge in [0.1, 0.15) is 5.56 Å². The van der Waals surface area contributed by atoms with Crippen LogP contribution in [0.3, 0.4) is 0 Å². The average molecular weight is 220 g/mol. The van der Waals surface area contributed by atoms with Gasteiger partial charge in [0, 0.05) is 18.8 Å². The van der Waals surface area contributed by atoms with Crippen molar-refractivity contribution in [1.82, 2.24) is 19.6 Å². The van der Waals surface area contributed by atoms with Crippen LogP contribution in [0.5, 0.6) is 0 Å². The fourth-order valence-corrected chi connectivity index (χ4v) is 1.54. The maximum atomic E-state index is 10.8. The molecule has 0 spiro atoms. The predicted molar refractivity (Wildman–Crippen MR) is 56.2 cm³/mol. The summed E-state index contributed by atoms with van der Waals surface area (Å²) in [5, 5.41) is 17.0. The summed E-state index contributed by atoms with van der Waals surface area (Å²) in [6, 6.07) is 0. The van der Waals surface area contributed by atoms with Crippen LogP contribution in [0, 0.1) is 6.92 Å². The van der Waals surface area contributed by atoms with E-state index in [9.17, 15) is 4.79 Å². The number of carboxylic acid groups (broad SMARTS) is 1. The van der Waals surface area contributed by atoms with Crippen molar-refractivity contribution in [3.8, 4) is 0 Å². The van der Waals surface area contributed by atoms with Gasteiger partial charge in [0.2, 0.25) is 0 Å². The molecule has 0 bridgehead atoms. The van der Waals surface area contributed by atoms with Crippen molar-refractivity contribution >= 4 is 5.97 Å². The van der Waals surface area contributed by atoms with Gasteiger partial charge in [-0.05, 0) is 6.92 Å². The number of aromatic carboxylic acids is 1. The lowest BCUT2D eigenvalue weighted by Gasteiger charge is -2.01. The third-order valence-electron chi connectivity index (χ3n) is 2.42. The van der Waals surface area contributed by atoms with Gasteiger partial charge < -0.3 is 5.11 Å². The third-order valence-corrected chi connectivity index (χ3v) is 2.42. The number of aromatic nitrogens is 4. The molecule has 2 aromatic heterocycles. The van der Waals surface area contributed by atoms with E-state index in [1.165, 1.54) is 6.20 Å². The number of carboxylic acids is 1. The minimum atomic E-state index is -0.949. The normalized spacial score (nSPS) is 10.6. The first-order valence-electron chi connectivity index (χ1n) is 4.81. The first kappa shape index (κ1) is 10.4. The van der Waals surface area contributed by atoms with Crippen LogP contribution in [0.15, 0.2) is 18.6 Å². The van der Waals surface area contributed by atoms with Crippen LogP contribution in [-0.2, 0) is 13.6 Å². The zero-order valence-electron chi connectivity index (χ0n) is 9.08. The smallest absolute Gasteiger partial charge is 0.339 e. The Labute approximate surface area is 92.1 Å². The Morgan fingerprint density at radius 2 is 2.19 bits per heavy atom. The lowest BCUT2D eigenvalue weighted by Crippen LogP contribution is -2.05. The lowest BCUT2D eigenvalue weighted by atomic mass is 10.2. The van der Waals surface area contributed by atoms with Crippen molar-refractivity contribution in [2.24, 2.45) is 7.05 Å². The summed E-state index contributed by atoms with van der Waals surface area (Å²) < 4.78 is 3.35. The Bertz CT molecular complexity index is 527. The van der Waals surface area contributed by atoms with Crippen LogP contribution in [0.1, 0.15) is 21.6 Å². The molecule has 0 saturated heterocycles. The molecule has 0 aromatic carbocycles. The van der Waals surface area contributed by atoms with E-state index in [1.54, 1.807) is 22.5 Å². The van der Waals surface area contributed by atoms with Crippen LogP contribution in [0.2, 0.25) is 0 Å². The molecule has 0 amide bonds. The highest BCUT2D eigenvalue weighted by Crippen LogP contribution is 2.09. The minimum Gasteiger partial charge on any atom is -0.478 e. The fourth-order valence-electron chi connectivity index (χ4n) is 1.54. The van der Waals surface area contributed by atoms with E-state index in [4.69, 9.17) is 5.11 Å². The van der Waals surface area contributed by atoms with E-state index < -0.39 is 5.97 Å². The van der Waals surface area contributed by atoms with Gasteiger partial charge in [-0.3, -0.25) is 9.36 Å². The van der Waals surface area contributed by atoms with Crippen molar-refractivity contribution < 1.29 is 9.90 Å². The van der Waals surface area contributed by atoms with E-state index in [2.05, 4.69) is 10.2 Å². The van der Waals surface area contributed by atoms with Gasteiger partial charge >= 0.3 is 5.97 Å². The van der Waals surface area contributed by atoms with Gasteiger partial charge in [0.15, 0.2) is 0 Å². The second kappa shape index (κ2) is 3.80. The maximum Gasteiger partial charge on any atom is 0.339 e. The Morgan fingerprint density at radius 3 is 2.69 bits per heavy atom. The molecule has 0 fully saturated rings. The van der Waals surface area contributed by atoms with Crippen molar-refractivity contribution in [2.45, 2.75) is 13.5 Å². The predicted octanol–water partition coefficient (Wildman–Crippen LogP) is 0.672. The van der Waals surface area contributed by atoms with Gasteiger partial charge in [-0.2, -0.15) is 10.2 Å². The first-order valence-corrected chi connectivity index (χ1v) is 4.81. The summed E-state index contributed by atoms with van der Waals surface area (Å²) >= 11 is 0. The van der Waals surface area contributed by atoms with E-state index in [1.807, 2.05) is 13.2 Å². The number of nitrogens with zero attached hydrogens (tertiary/aromatic N) is 4. The van der Waals surface area contributed by atoms with Crippen LogP contribution < -0.4 is 0 Å². The Balaban J connectivity index is 2.25. The highest BCUT2D eigenvalue weighted by molar-refractivity contribution is 5.88. The van der Waals surface area contributed by atoms with Crippen LogP contribution in [0.25, 0.3) is 0 Å². The lowest BCUT2D eigenvalue weighted by molar-refractivity contribution is 0.0696. The highest BCUT2D eigenvalue weighted by atomic mass is 16.4. The van der Waals surface area contributed by atoms with Crippen molar-refractivity contribution in [2.75, 3.05) is 0 Å². The molecule has 16 heavy (non-hydrogen) atoms. The summed E-state index contributed by atoms with van der Waals surface area (Å²) in [6.45, 7) is 2.28. The Kier molecular flexibility index (Phi) is 2.47. The van der Waals surface area contributed by atoms with Crippen molar-refractivity contribution in [3.05, 3.63) is 35.4 Å². The minimum absolute atomic E-state index is 0.240. The zero-order chi connectivity index (χ0) is 11.7. The van der Waals surface area contributed by atoms with Crippen molar-refractivity contribution in [1.29, 1.82) is 0 Å². The topological polar surface area (TPSA) is 72.9 Å². The van der Waals surface area contributed by atoms with E-state index in [0.29, 0.717) is 12.2 Å². The van der Waals surface area contributed by atoms with Crippen LogP contribution in [0.4, 0.5) is 0 Å². The summed E-state index contributed by atoms with van der Waals surface area (Å²) in [7, 11) is 1.84. The highest BCUT2D eigenvalue weighted by Gasteiger charge is 2.12. The zero-order valence-corrected chi connectivity index (χ0v) is 9.08. The van der Waals surface area contributed by atoms with Gasteiger partial charge in [-0.1, -0.05) is 0 Å². The second-order valence-corrected chi connectivity index (χ2v) is 3.63. The largest absolute Gasteiger partial charge is 0.478 e. The molecule has 1 N–H and O–H groups in total. The first-order chi connectivity index (χ1) is 7.58. The fraction of sp³-hybridized carbons (Fsp3) is 0.300. The summed E-state index contributed by atoms with van der Waals surface area (Å²) in [6.07, 6.45) is 4.98. The van der Waals surface area contributed by atoms with Gasteiger partial charge in [-0.25, -0.2) is 4.79 Å². The van der Waals surface area contributed by atoms with Crippen LogP contribution >= 0.6 is 0 Å². The van der Waals surface area contributed by atoms with E-state index in [0.717, 1.165) is 5.56 Å². The molecule has 6 nitrogen and oxygen atoms in total. The van der Waals surface area contributed by atoms with E-state index in [-0.39, 0.29) is 5.56 Å². The van der Waals surface area contributed by atoms with E-state index >= 15 is 0 Å². The summed E-state index contributed by atoms with van der Waals surface area (Å²) in [4.78, 5) is 10.8. The maximum absolute atomic E-state index is 10.8. The van der Waals surface area contributed by atoms with Gasteiger partial charge in [0.05, 0.1) is 24.6 Å². The molecular weight excluding hydrogens is 208 g/mol. The molecule has 0 atom stereocenters. The van der Waals surface area contributed by atoms with Gasteiger partial charge in [-0.15, -0.1) is 0 Å². The van der Waals surface area contributed by atoms with Gasteiger partial charge in [0.25, 0.3) is 0 Å². The number of hydrogen-bond donors (Lipinski definition) is 1. The second-order valence-electron chi connectivity index (χ2n) is 3.63. The molecule has 2 heterocycles. The Morgan fingerprint density at radius 1 is 1.44 bits per heavy atom. The molecule has 6 heteroatoms. The molecule has 0 aliphatic heterocycles. The quantitative estimate of drug-likeness (QED) is 0.825. The number of carbonyl (C=O) groups is 1. The molecule has 2 aromatic rings. The molecule has 0 saturated carbocycles. The number of aryl methyl sites for hydroxylation is 1. The molecule has 84 valence electrons.